The van der Waals surface area contributed by atoms with Gasteiger partial charge < -0.3 is 20.3 Å². The molecule has 0 aliphatic rings. The van der Waals surface area contributed by atoms with Gasteiger partial charge in [-0.05, 0) is 84.6 Å². The van der Waals surface area contributed by atoms with E-state index in [0.29, 0.717) is 0 Å². The molecule has 0 bridgehead atoms. The Morgan fingerprint density at radius 3 is 2.09 bits per heavy atom. The molecule has 35 heavy (non-hydrogen) atoms. The highest BCUT2D eigenvalue weighted by molar-refractivity contribution is 5.99. The highest BCUT2D eigenvalue weighted by atomic mass is 16.6. The van der Waals surface area contributed by atoms with E-state index in [9.17, 15) is 14.4 Å². The minimum absolute atomic E-state index is 0.287. The quantitative estimate of drug-likeness (QED) is 0.557. The van der Waals surface area contributed by atoms with Crippen molar-refractivity contribution >= 4 is 23.6 Å². The summed E-state index contributed by atoms with van der Waals surface area (Å²) in [5, 5.41) is 5.59. The van der Waals surface area contributed by atoms with Crippen LogP contribution in [0.1, 0.15) is 68.5 Å². The van der Waals surface area contributed by atoms with Crippen LogP contribution in [-0.2, 0) is 14.3 Å². The lowest BCUT2D eigenvalue weighted by molar-refractivity contribution is -0.140. The Morgan fingerprint density at radius 2 is 1.54 bits per heavy atom. The number of rotatable bonds is 7. The van der Waals surface area contributed by atoms with Gasteiger partial charge >= 0.3 is 6.09 Å². The van der Waals surface area contributed by atoms with Gasteiger partial charge in [-0.3, -0.25) is 9.59 Å². The van der Waals surface area contributed by atoms with Crippen LogP contribution in [-0.4, -0.2) is 41.0 Å². The SMILES string of the molecule is Cc1ccc(C)c(C(C(=O)Nc2c(C)cccc2C)N(C(=O)CNC(=O)OC(C)(C)C)C(C)C)c1. The number of carbonyl (C=O) groups excluding carboxylic acids is 3. The van der Waals surface area contributed by atoms with Crippen molar-refractivity contribution < 1.29 is 19.1 Å². The van der Waals surface area contributed by atoms with Crippen molar-refractivity contribution in [2.24, 2.45) is 0 Å². The fourth-order valence-electron chi connectivity index (χ4n) is 3.96. The second-order valence-corrected chi connectivity index (χ2v) is 10.3. The van der Waals surface area contributed by atoms with Crippen LogP contribution in [0, 0.1) is 27.7 Å². The van der Waals surface area contributed by atoms with Crippen LogP contribution in [0.15, 0.2) is 36.4 Å². The number of carbonyl (C=O) groups is 3. The first-order chi connectivity index (χ1) is 16.2. The summed E-state index contributed by atoms with van der Waals surface area (Å²) < 4.78 is 5.26. The second-order valence-electron chi connectivity index (χ2n) is 10.3. The lowest BCUT2D eigenvalue weighted by Gasteiger charge is -2.35. The Labute approximate surface area is 209 Å². The summed E-state index contributed by atoms with van der Waals surface area (Å²) in [5.41, 5.74) is 4.55. The van der Waals surface area contributed by atoms with E-state index in [1.807, 2.05) is 77.9 Å². The number of anilines is 1. The molecule has 2 aromatic carbocycles. The maximum atomic E-state index is 13.8. The lowest BCUT2D eigenvalue weighted by Crippen LogP contribution is -2.49. The Balaban J connectivity index is 2.46. The minimum Gasteiger partial charge on any atom is -0.444 e. The average molecular weight is 482 g/mol. The van der Waals surface area contributed by atoms with Gasteiger partial charge in [-0.2, -0.15) is 0 Å². The molecular formula is C28H39N3O4. The van der Waals surface area contributed by atoms with E-state index < -0.39 is 17.7 Å². The molecule has 2 N–H and O–H groups in total. The van der Waals surface area contributed by atoms with Gasteiger partial charge in [0.25, 0.3) is 5.91 Å². The number of nitrogens with zero attached hydrogens (tertiary/aromatic N) is 1. The third-order valence-corrected chi connectivity index (χ3v) is 5.61. The number of hydrogen-bond donors (Lipinski definition) is 2. The van der Waals surface area contributed by atoms with Gasteiger partial charge in [0.1, 0.15) is 18.2 Å². The van der Waals surface area contributed by atoms with Crippen LogP contribution in [0.5, 0.6) is 0 Å². The maximum Gasteiger partial charge on any atom is 0.408 e. The normalized spacial score (nSPS) is 12.2. The van der Waals surface area contributed by atoms with Crippen LogP contribution in [0.4, 0.5) is 10.5 Å². The second kappa shape index (κ2) is 11.4. The van der Waals surface area contributed by atoms with Crippen LogP contribution in [0.2, 0.25) is 0 Å². The van der Waals surface area contributed by atoms with Crippen molar-refractivity contribution in [3.05, 3.63) is 64.2 Å². The van der Waals surface area contributed by atoms with E-state index in [2.05, 4.69) is 10.6 Å². The molecule has 0 aliphatic carbocycles. The van der Waals surface area contributed by atoms with E-state index in [0.717, 1.165) is 33.5 Å². The number of benzene rings is 2. The maximum absolute atomic E-state index is 13.8. The van der Waals surface area contributed by atoms with E-state index in [1.54, 1.807) is 20.8 Å². The lowest BCUT2D eigenvalue weighted by atomic mass is 9.95. The molecule has 0 fully saturated rings. The number of hydrogen-bond acceptors (Lipinski definition) is 4. The zero-order valence-electron chi connectivity index (χ0n) is 22.4. The van der Waals surface area contributed by atoms with Crippen molar-refractivity contribution in [2.75, 3.05) is 11.9 Å². The number of alkyl carbamates (subject to hydrolysis) is 1. The van der Waals surface area contributed by atoms with Crippen LogP contribution in [0.25, 0.3) is 0 Å². The summed E-state index contributed by atoms with van der Waals surface area (Å²) in [7, 11) is 0. The van der Waals surface area contributed by atoms with Crippen molar-refractivity contribution in [1.82, 2.24) is 10.2 Å². The molecule has 190 valence electrons. The third-order valence-electron chi connectivity index (χ3n) is 5.61. The van der Waals surface area contributed by atoms with Gasteiger partial charge in [0.05, 0.1) is 0 Å². The molecule has 1 atom stereocenters. The average Bonchev–Trinajstić information content (AvgIpc) is 2.73. The molecule has 0 spiro atoms. The van der Waals surface area contributed by atoms with E-state index in [-0.39, 0.29) is 24.4 Å². The number of amides is 3. The molecular weight excluding hydrogens is 442 g/mol. The molecule has 0 aliphatic heterocycles. The number of ether oxygens (including phenoxy) is 1. The number of para-hydroxylation sites is 1. The molecule has 0 aromatic heterocycles. The molecule has 7 heteroatoms. The summed E-state index contributed by atoms with van der Waals surface area (Å²) in [5.74, 6) is -0.691. The van der Waals surface area contributed by atoms with Gasteiger partial charge in [-0.15, -0.1) is 0 Å². The minimum atomic E-state index is -0.887. The standard InChI is InChI=1S/C28H39N3O4/c1-17(2)31(23(32)16-29-27(34)35-28(7,8)9)25(22-15-18(3)13-14-19(22)4)26(33)30-24-20(5)11-10-12-21(24)6/h10-15,17,25H,16H2,1-9H3,(H,29,34)(H,30,33). The molecule has 0 saturated carbocycles. The molecule has 7 nitrogen and oxygen atoms in total. The van der Waals surface area contributed by atoms with Gasteiger partial charge in [-0.1, -0.05) is 42.0 Å². The van der Waals surface area contributed by atoms with Crippen LogP contribution >= 0.6 is 0 Å². The summed E-state index contributed by atoms with van der Waals surface area (Å²) in [4.78, 5) is 41.0. The first-order valence-corrected chi connectivity index (χ1v) is 11.9. The first kappa shape index (κ1) is 27.9. The molecule has 2 aromatic rings. The smallest absolute Gasteiger partial charge is 0.408 e. The van der Waals surface area contributed by atoms with Crippen LogP contribution < -0.4 is 10.6 Å². The van der Waals surface area contributed by atoms with Gasteiger partial charge in [0, 0.05) is 11.7 Å². The topological polar surface area (TPSA) is 87.7 Å². The Kier molecular flexibility index (Phi) is 9.07. The van der Waals surface area contributed by atoms with Crippen LogP contribution in [0.3, 0.4) is 0 Å². The highest BCUT2D eigenvalue weighted by Gasteiger charge is 2.35. The predicted octanol–water partition coefficient (Wildman–Crippen LogP) is 5.36. The zero-order chi connectivity index (χ0) is 26.5. The van der Waals surface area contributed by atoms with E-state index >= 15 is 0 Å². The predicted molar refractivity (Wildman–Crippen MR) is 139 cm³/mol. The molecule has 3 amide bonds. The van der Waals surface area contributed by atoms with E-state index in [4.69, 9.17) is 4.74 Å². The monoisotopic (exact) mass is 481 g/mol. The van der Waals surface area contributed by atoms with E-state index in [1.165, 1.54) is 4.90 Å². The Bertz CT molecular complexity index is 1070. The number of nitrogens with one attached hydrogen (secondary N) is 2. The molecule has 0 heterocycles. The number of aryl methyl sites for hydroxylation is 4. The third kappa shape index (κ3) is 7.57. The summed E-state index contributed by atoms with van der Waals surface area (Å²) >= 11 is 0. The molecule has 0 radical (unpaired) electrons. The molecule has 1 unspecified atom stereocenters. The highest BCUT2D eigenvalue weighted by Crippen LogP contribution is 2.30. The van der Waals surface area contributed by atoms with Crippen molar-refractivity contribution in [1.29, 1.82) is 0 Å². The van der Waals surface area contributed by atoms with Gasteiger partial charge in [0.15, 0.2) is 0 Å². The molecule has 2 rings (SSSR count). The fraction of sp³-hybridized carbons (Fsp3) is 0.464. The van der Waals surface area contributed by atoms with Crippen molar-refractivity contribution in [2.45, 2.75) is 80.0 Å². The summed E-state index contributed by atoms with van der Waals surface area (Å²) in [6.07, 6.45) is -0.683. The first-order valence-electron chi connectivity index (χ1n) is 11.9. The zero-order valence-corrected chi connectivity index (χ0v) is 22.4. The Morgan fingerprint density at radius 1 is 0.943 bits per heavy atom. The Hall–Kier alpha value is -3.35. The summed E-state index contributed by atoms with van der Waals surface area (Å²) in [6.45, 7) is 16.4. The fourth-order valence-corrected chi connectivity index (χ4v) is 3.96. The van der Waals surface area contributed by atoms with Crippen molar-refractivity contribution in [3.8, 4) is 0 Å². The molecule has 0 saturated heterocycles. The largest absolute Gasteiger partial charge is 0.444 e. The summed E-state index contributed by atoms with van der Waals surface area (Å²) in [6, 6.07) is 10.5. The van der Waals surface area contributed by atoms with Gasteiger partial charge in [0.2, 0.25) is 5.91 Å². The van der Waals surface area contributed by atoms with Gasteiger partial charge in [-0.25, -0.2) is 4.79 Å². The van der Waals surface area contributed by atoms with Crippen molar-refractivity contribution in [3.63, 3.8) is 0 Å².